The molecule has 0 aliphatic carbocycles. The first-order chi connectivity index (χ1) is 6.97. The summed E-state index contributed by atoms with van der Waals surface area (Å²) >= 11 is 0. The molecule has 0 bridgehead atoms. The van der Waals surface area contributed by atoms with Gasteiger partial charge in [0.2, 0.25) is 0 Å². The van der Waals surface area contributed by atoms with Crippen molar-refractivity contribution in [3.05, 3.63) is 0 Å². The molecule has 2 atom stereocenters. The zero-order valence-corrected chi connectivity index (χ0v) is 9.99. The van der Waals surface area contributed by atoms with E-state index in [4.69, 9.17) is 26.4 Å². The minimum atomic E-state index is -3.65. The first-order valence-corrected chi connectivity index (χ1v) is 5.97. The summed E-state index contributed by atoms with van der Waals surface area (Å²) in [4.78, 5) is 0. The fraction of sp³-hybridized carbons (Fsp3) is 0.600. The Morgan fingerprint density at radius 1 is 1.20 bits per heavy atom. The molecule has 0 aromatic rings. The first-order valence-electron chi connectivity index (χ1n) is 4.51. The lowest BCUT2D eigenvalue weighted by atomic mass is 10.4. The maximum absolute atomic E-state index is 11.9. The Morgan fingerprint density at radius 2 is 1.60 bits per heavy atom. The quantitative estimate of drug-likeness (QED) is 0.518. The molecule has 84 valence electrons. The molecule has 0 aromatic heterocycles. The van der Waals surface area contributed by atoms with Crippen molar-refractivity contribution in [1.29, 1.82) is 0 Å². The van der Waals surface area contributed by atoms with E-state index in [1.54, 1.807) is 20.8 Å². The van der Waals surface area contributed by atoms with Crippen molar-refractivity contribution < 1.29 is 18.1 Å². The van der Waals surface area contributed by atoms with E-state index < -0.39 is 20.0 Å². The summed E-state index contributed by atoms with van der Waals surface area (Å²) in [5.74, 6) is 4.53. The first kappa shape index (κ1) is 14.2. The van der Waals surface area contributed by atoms with E-state index in [-0.39, 0.29) is 6.61 Å². The number of rotatable bonds is 6. The fourth-order valence-electron chi connectivity index (χ4n) is 0.692. The number of hydrogen-bond donors (Lipinski definition) is 0. The number of phosphoric acid groups is 1. The SMILES string of the molecule is C#CC(C)OP(=O)(OCC)OC(C)C#C. The largest absolute Gasteiger partial charge is 0.477 e. The van der Waals surface area contributed by atoms with Crippen molar-refractivity contribution in [3.8, 4) is 24.7 Å². The van der Waals surface area contributed by atoms with Crippen molar-refractivity contribution in [3.63, 3.8) is 0 Å². The lowest BCUT2D eigenvalue weighted by Gasteiger charge is -2.20. The normalized spacial score (nSPS) is 18.2. The highest BCUT2D eigenvalue weighted by atomic mass is 31.2. The van der Waals surface area contributed by atoms with Crippen LogP contribution in [-0.2, 0) is 18.1 Å². The van der Waals surface area contributed by atoms with E-state index in [0.29, 0.717) is 0 Å². The van der Waals surface area contributed by atoms with Crippen molar-refractivity contribution in [1.82, 2.24) is 0 Å². The van der Waals surface area contributed by atoms with E-state index in [0.717, 1.165) is 0 Å². The highest BCUT2D eigenvalue weighted by Gasteiger charge is 2.30. The Bertz CT molecular complexity index is 286. The molecule has 0 fully saturated rings. The van der Waals surface area contributed by atoms with Crippen LogP contribution in [-0.4, -0.2) is 18.8 Å². The van der Waals surface area contributed by atoms with Crippen LogP contribution < -0.4 is 0 Å². The zero-order chi connectivity index (χ0) is 11.9. The van der Waals surface area contributed by atoms with E-state index in [2.05, 4.69) is 11.8 Å². The number of hydrogen-bond acceptors (Lipinski definition) is 4. The summed E-state index contributed by atoms with van der Waals surface area (Å²) in [5, 5.41) is 0. The lowest BCUT2D eigenvalue weighted by Crippen LogP contribution is -2.11. The minimum Gasteiger partial charge on any atom is -0.287 e. The molecule has 0 aliphatic heterocycles. The van der Waals surface area contributed by atoms with Crippen LogP contribution in [0.2, 0.25) is 0 Å². The highest BCUT2D eigenvalue weighted by molar-refractivity contribution is 7.48. The minimum absolute atomic E-state index is 0.186. The van der Waals surface area contributed by atoms with Gasteiger partial charge in [0, 0.05) is 0 Å². The monoisotopic (exact) mass is 230 g/mol. The van der Waals surface area contributed by atoms with Gasteiger partial charge < -0.3 is 0 Å². The fourth-order valence-corrected chi connectivity index (χ4v) is 2.08. The summed E-state index contributed by atoms with van der Waals surface area (Å²) in [6, 6.07) is 0. The molecular weight excluding hydrogens is 215 g/mol. The van der Waals surface area contributed by atoms with Gasteiger partial charge in [-0.1, -0.05) is 11.8 Å². The maximum atomic E-state index is 11.9. The Kier molecular flexibility index (Phi) is 6.32. The average Bonchev–Trinajstić information content (AvgIpc) is 2.17. The second-order valence-electron chi connectivity index (χ2n) is 2.69. The molecule has 0 N–H and O–H groups in total. The third-order valence-corrected chi connectivity index (χ3v) is 3.05. The van der Waals surface area contributed by atoms with Gasteiger partial charge in [-0.2, -0.15) is 0 Å². The van der Waals surface area contributed by atoms with Crippen LogP contribution in [0.25, 0.3) is 0 Å². The molecule has 4 nitrogen and oxygen atoms in total. The second-order valence-corrected chi connectivity index (χ2v) is 4.27. The Labute approximate surface area is 90.9 Å². The van der Waals surface area contributed by atoms with Gasteiger partial charge in [-0.15, -0.1) is 12.8 Å². The molecule has 0 radical (unpaired) electrons. The van der Waals surface area contributed by atoms with E-state index in [1.807, 2.05) is 0 Å². The van der Waals surface area contributed by atoms with Gasteiger partial charge in [-0.05, 0) is 20.8 Å². The standard InChI is InChI=1S/C10H15O4P/c1-6-9(4)13-15(11,12-8-3)14-10(5)7-2/h1-2,9-10H,8H2,3-5H3. The van der Waals surface area contributed by atoms with Gasteiger partial charge in [0.1, 0.15) is 12.2 Å². The van der Waals surface area contributed by atoms with Gasteiger partial charge in [-0.3, -0.25) is 13.6 Å². The predicted molar refractivity (Wildman–Crippen MR) is 58.0 cm³/mol. The van der Waals surface area contributed by atoms with Crippen molar-refractivity contribution in [2.45, 2.75) is 33.0 Å². The number of terminal acetylenes is 2. The molecule has 0 saturated carbocycles. The van der Waals surface area contributed by atoms with Crippen molar-refractivity contribution in [2.75, 3.05) is 6.61 Å². The molecular formula is C10H15O4P. The lowest BCUT2D eigenvalue weighted by molar-refractivity contribution is 0.0944. The third kappa shape index (κ3) is 5.62. The van der Waals surface area contributed by atoms with Crippen LogP contribution in [0.5, 0.6) is 0 Å². The molecule has 2 unspecified atom stereocenters. The van der Waals surface area contributed by atoms with Crippen LogP contribution >= 0.6 is 7.82 Å². The molecule has 0 spiro atoms. The highest BCUT2D eigenvalue weighted by Crippen LogP contribution is 2.51. The summed E-state index contributed by atoms with van der Waals surface area (Å²) in [7, 11) is -3.65. The Hall–Kier alpha value is -0.770. The molecule has 5 heteroatoms. The van der Waals surface area contributed by atoms with Gasteiger partial charge in [0.05, 0.1) is 6.61 Å². The van der Waals surface area contributed by atoms with Crippen LogP contribution in [0.4, 0.5) is 0 Å². The van der Waals surface area contributed by atoms with Crippen LogP contribution in [0.15, 0.2) is 0 Å². The van der Waals surface area contributed by atoms with Gasteiger partial charge >= 0.3 is 7.82 Å². The predicted octanol–water partition coefficient (Wildman–Crippen LogP) is 2.21. The summed E-state index contributed by atoms with van der Waals surface area (Å²) < 4.78 is 26.7. The Morgan fingerprint density at radius 3 is 1.87 bits per heavy atom. The van der Waals surface area contributed by atoms with Crippen LogP contribution in [0.3, 0.4) is 0 Å². The second kappa shape index (κ2) is 6.67. The van der Waals surface area contributed by atoms with Gasteiger partial charge in [-0.25, -0.2) is 4.57 Å². The molecule has 0 aromatic carbocycles. The smallest absolute Gasteiger partial charge is 0.287 e. The van der Waals surface area contributed by atoms with E-state index in [9.17, 15) is 4.57 Å². The van der Waals surface area contributed by atoms with Crippen LogP contribution in [0.1, 0.15) is 20.8 Å². The van der Waals surface area contributed by atoms with Crippen LogP contribution in [0, 0.1) is 24.7 Å². The third-order valence-electron chi connectivity index (χ3n) is 1.33. The molecule has 0 amide bonds. The number of phosphoric ester groups is 1. The zero-order valence-electron chi connectivity index (χ0n) is 9.10. The maximum Gasteiger partial charge on any atom is 0.477 e. The molecule has 0 rings (SSSR count). The van der Waals surface area contributed by atoms with Gasteiger partial charge in [0.15, 0.2) is 0 Å². The molecule has 0 heterocycles. The Balaban J connectivity index is 4.55. The average molecular weight is 230 g/mol. The van der Waals surface area contributed by atoms with Gasteiger partial charge in [0.25, 0.3) is 0 Å². The van der Waals surface area contributed by atoms with Crippen molar-refractivity contribution >= 4 is 7.82 Å². The molecule has 0 saturated heterocycles. The summed E-state index contributed by atoms with van der Waals surface area (Å²) in [6.45, 7) is 4.98. The van der Waals surface area contributed by atoms with E-state index >= 15 is 0 Å². The molecule has 0 aliphatic rings. The summed E-state index contributed by atoms with van der Waals surface area (Å²) in [6.07, 6.45) is 8.86. The summed E-state index contributed by atoms with van der Waals surface area (Å²) in [5.41, 5.74) is 0. The van der Waals surface area contributed by atoms with Crippen molar-refractivity contribution in [2.24, 2.45) is 0 Å². The topological polar surface area (TPSA) is 44.8 Å². The van der Waals surface area contributed by atoms with E-state index in [1.165, 1.54) is 0 Å². The molecule has 15 heavy (non-hydrogen) atoms.